The van der Waals surface area contributed by atoms with Gasteiger partial charge in [-0.3, -0.25) is 10.1 Å². The summed E-state index contributed by atoms with van der Waals surface area (Å²) in [4.78, 5) is 20.5. The summed E-state index contributed by atoms with van der Waals surface area (Å²) in [5.74, 6) is 0.247. The first-order valence-corrected chi connectivity index (χ1v) is 6.25. The number of aromatic nitrogens is 2. The number of halogens is 1. The van der Waals surface area contributed by atoms with E-state index in [0.29, 0.717) is 26.3 Å². The zero-order valence-corrected chi connectivity index (χ0v) is 11.0. The van der Waals surface area contributed by atoms with Crippen LogP contribution in [-0.2, 0) is 11.2 Å². The number of hydrogen-bond acceptors (Lipinski definition) is 7. The molecule has 2 rings (SSSR count). The van der Waals surface area contributed by atoms with Gasteiger partial charge in [0.2, 0.25) is 11.1 Å². The zero-order chi connectivity index (χ0) is 13.8. The van der Waals surface area contributed by atoms with E-state index < -0.39 is 4.92 Å². The molecule has 0 aromatic carbocycles. The van der Waals surface area contributed by atoms with Crippen molar-refractivity contribution in [2.75, 3.05) is 37.7 Å². The number of rotatable bonds is 4. The van der Waals surface area contributed by atoms with Crippen molar-refractivity contribution in [3.63, 3.8) is 0 Å². The van der Waals surface area contributed by atoms with Crippen molar-refractivity contribution >= 4 is 23.1 Å². The van der Waals surface area contributed by atoms with E-state index >= 15 is 0 Å². The van der Waals surface area contributed by atoms with Gasteiger partial charge >= 0.3 is 5.69 Å². The molecule has 19 heavy (non-hydrogen) atoms. The van der Waals surface area contributed by atoms with Crippen molar-refractivity contribution in [2.45, 2.75) is 6.42 Å². The van der Waals surface area contributed by atoms with Gasteiger partial charge in [-0.1, -0.05) is 0 Å². The summed E-state index contributed by atoms with van der Waals surface area (Å²) in [6.07, 6.45) is 0.288. The molecule has 9 heteroatoms. The minimum atomic E-state index is -0.480. The number of morpholine rings is 1. The molecule has 0 bridgehead atoms. The van der Waals surface area contributed by atoms with E-state index in [1.54, 1.807) is 4.90 Å². The summed E-state index contributed by atoms with van der Waals surface area (Å²) in [7, 11) is 0. The second-order valence-corrected chi connectivity index (χ2v) is 4.34. The summed E-state index contributed by atoms with van der Waals surface area (Å²) >= 11 is 5.84. The standard InChI is InChI=1S/C10H14ClN5O3/c11-10-13-7(1-2-12)8(16(17)18)9(14-10)15-3-5-19-6-4-15/h1-6,12H2. The molecule has 8 nitrogen and oxygen atoms in total. The number of hydrogen-bond donors (Lipinski definition) is 1. The van der Waals surface area contributed by atoms with Crippen LogP contribution in [0.25, 0.3) is 0 Å². The van der Waals surface area contributed by atoms with Gasteiger partial charge in [-0.15, -0.1) is 0 Å². The van der Waals surface area contributed by atoms with E-state index in [9.17, 15) is 10.1 Å². The van der Waals surface area contributed by atoms with Gasteiger partial charge in [0.05, 0.1) is 18.1 Å². The third-order valence-corrected chi connectivity index (χ3v) is 2.95. The molecule has 0 atom stereocenters. The van der Waals surface area contributed by atoms with Crippen molar-refractivity contribution in [3.8, 4) is 0 Å². The molecular formula is C10H14ClN5O3. The molecule has 0 unspecified atom stereocenters. The highest BCUT2D eigenvalue weighted by atomic mass is 35.5. The third-order valence-electron chi connectivity index (χ3n) is 2.78. The molecule has 0 amide bonds. The Morgan fingerprint density at radius 1 is 1.42 bits per heavy atom. The molecule has 0 radical (unpaired) electrons. The van der Waals surface area contributed by atoms with E-state index in [1.165, 1.54) is 0 Å². The lowest BCUT2D eigenvalue weighted by atomic mass is 10.2. The molecule has 0 saturated carbocycles. The van der Waals surface area contributed by atoms with Gasteiger partial charge < -0.3 is 15.4 Å². The van der Waals surface area contributed by atoms with Gasteiger partial charge in [0, 0.05) is 19.5 Å². The van der Waals surface area contributed by atoms with Gasteiger partial charge in [-0.05, 0) is 18.1 Å². The Hall–Kier alpha value is -1.51. The van der Waals surface area contributed by atoms with E-state index in [4.69, 9.17) is 22.1 Å². The van der Waals surface area contributed by atoms with Crippen molar-refractivity contribution < 1.29 is 9.66 Å². The topological polar surface area (TPSA) is 107 Å². The fourth-order valence-corrected chi connectivity index (χ4v) is 2.13. The van der Waals surface area contributed by atoms with E-state index in [2.05, 4.69) is 9.97 Å². The number of anilines is 1. The third kappa shape index (κ3) is 3.09. The molecule has 2 heterocycles. The van der Waals surface area contributed by atoms with Crippen LogP contribution in [0.2, 0.25) is 5.28 Å². The highest BCUT2D eigenvalue weighted by Crippen LogP contribution is 2.30. The number of nitrogens with zero attached hydrogens (tertiary/aromatic N) is 4. The Balaban J connectivity index is 2.47. The number of nitrogens with two attached hydrogens (primary N) is 1. The fourth-order valence-electron chi connectivity index (χ4n) is 1.95. The number of ether oxygens (including phenoxy) is 1. The lowest BCUT2D eigenvalue weighted by molar-refractivity contribution is -0.385. The van der Waals surface area contributed by atoms with Gasteiger partial charge in [0.15, 0.2) is 0 Å². The monoisotopic (exact) mass is 287 g/mol. The van der Waals surface area contributed by atoms with Crippen LogP contribution in [0.3, 0.4) is 0 Å². The highest BCUT2D eigenvalue weighted by molar-refractivity contribution is 6.28. The van der Waals surface area contributed by atoms with Crippen molar-refractivity contribution in [1.82, 2.24) is 9.97 Å². The van der Waals surface area contributed by atoms with Crippen LogP contribution in [0.1, 0.15) is 5.69 Å². The maximum atomic E-state index is 11.3. The maximum Gasteiger partial charge on any atom is 0.332 e. The summed E-state index contributed by atoms with van der Waals surface area (Å²) in [6.45, 7) is 2.35. The second-order valence-electron chi connectivity index (χ2n) is 4.01. The van der Waals surface area contributed by atoms with E-state index in [-0.39, 0.29) is 35.4 Å². The van der Waals surface area contributed by atoms with Gasteiger partial charge in [0.25, 0.3) is 0 Å². The predicted molar refractivity (Wildman–Crippen MR) is 69.5 cm³/mol. The lowest BCUT2D eigenvalue weighted by Crippen LogP contribution is -2.37. The summed E-state index contributed by atoms with van der Waals surface area (Å²) in [5, 5.41) is 11.3. The molecular weight excluding hydrogens is 274 g/mol. The van der Waals surface area contributed by atoms with Crippen LogP contribution >= 0.6 is 11.6 Å². The SMILES string of the molecule is NCCc1nc(Cl)nc(N2CCOCC2)c1[N+](=O)[O-]. The van der Waals surface area contributed by atoms with E-state index in [1.807, 2.05) is 0 Å². The average Bonchev–Trinajstić information content (AvgIpc) is 2.39. The largest absolute Gasteiger partial charge is 0.378 e. The molecule has 1 aliphatic heterocycles. The molecule has 1 aromatic rings. The first-order valence-electron chi connectivity index (χ1n) is 5.87. The molecule has 2 N–H and O–H groups in total. The Labute approximate surface area is 114 Å². The van der Waals surface area contributed by atoms with Crippen LogP contribution in [0.4, 0.5) is 11.5 Å². The molecule has 0 spiro atoms. The van der Waals surface area contributed by atoms with Crippen LogP contribution in [-0.4, -0.2) is 47.7 Å². The molecule has 1 fully saturated rings. The van der Waals surface area contributed by atoms with Crippen molar-refractivity contribution in [3.05, 3.63) is 21.1 Å². The maximum absolute atomic E-state index is 11.3. The lowest BCUT2D eigenvalue weighted by Gasteiger charge is -2.27. The van der Waals surface area contributed by atoms with Crippen molar-refractivity contribution in [1.29, 1.82) is 0 Å². The molecule has 1 aliphatic rings. The predicted octanol–water partition coefficient (Wildman–Crippen LogP) is 0.376. The number of nitro groups is 1. The smallest absolute Gasteiger partial charge is 0.332 e. The van der Waals surface area contributed by atoms with Crippen LogP contribution < -0.4 is 10.6 Å². The molecule has 1 saturated heterocycles. The van der Waals surface area contributed by atoms with Crippen LogP contribution in [0.15, 0.2) is 0 Å². The highest BCUT2D eigenvalue weighted by Gasteiger charge is 2.28. The van der Waals surface area contributed by atoms with Crippen molar-refractivity contribution in [2.24, 2.45) is 5.73 Å². The van der Waals surface area contributed by atoms with Gasteiger partial charge in [0.1, 0.15) is 5.69 Å². The van der Waals surface area contributed by atoms with Crippen LogP contribution in [0.5, 0.6) is 0 Å². The zero-order valence-electron chi connectivity index (χ0n) is 10.2. The van der Waals surface area contributed by atoms with E-state index in [0.717, 1.165) is 0 Å². The summed E-state index contributed by atoms with van der Waals surface area (Å²) in [6, 6.07) is 0. The molecule has 104 valence electrons. The average molecular weight is 288 g/mol. The first kappa shape index (κ1) is 13.9. The summed E-state index contributed by atoms with van der Waals surface area (Å²) in [5.41, 5.74) is 5.61. The Morgan fingerprint density at radius 2 is 2.11 bits per heavy atom. The quantitative estimate of drug-likeness (QED) is 0.484. The minimum absolute atomic E-state index is 0.00413. The van der Waals surface area contributed by atoms with Crippen LogP contribution in [0, 0.1) is 10.1 Å². The second kappa shape index (κ2) is 6.09. The Bertz CT molecular complexity index is 478. The normalized spacial score (nSPS) is 15.6. The summed E-state index contributed by atoms with van der Waals surface area (Å²) < 4.78 is 5.22. The first-order chi connectivity index (χ1) is 9.13. The van der Waals surface area contributed by atoms with Gasteiger partial charge in [-0.2, -0.15) is 4.98 Å². The Morgan fingerprint density at radius 3 is 2.68 bits per heavy atom. The van der Waals surface area contributed by atoms with Gasteiger partial charge in [-0.25, -0.2) is 4.98 Å². The Kier molecular flexibility index (Phi) is 4.46. The molecule has 1 aromatic heterocycles. The fraction of sp³-hybridized carbons (Fsp3) is 0.600. The minimum Gasteiger partial charge on any atom is -0.378 e. The molecule has 0 aliphatic carbocycles.